The Morgan fingerprint density at radius 2 is 1.18 bits per heavy atom. The van der Waals surface area contributed by atoms with Gasteiger partial charge in [0.05, 0.1) is 8.95 Å². The molecule has 3 aromatic rings. The van der Waals surface area contributed by atoms with Gasteiger partial charge in [0.15, 0.2) is 0 Å². The first-order chi connectivity index (χ1) is 8.09. The summed E-state index contributed by atoms with van der Waals surface area (Å²) in [6, 6.07) is 6.63. The number of benzene rings is 2. The van der Waals surface area contributed by atoms with Crippen molar-refractivity contribution in [2.24, 2.45) is 0 Å². The zero-order valence-electron chi connectivity index (χ0n) is 8.32. The topological polar surface area (TPSA) is 15.8 Å². The van der Waals surface area contributed by atoms with Gasteiger partial charge in [0.25, 0.3) is 0 Å². The average molecular weight is 361 g/mol. The van der Waals surface area contributed by atoms with E-state index in [9.17, 15) is 8.78 Å². The average Bonchev–Trinajstić information content (AvgIpc) is 2.69. The van der Waals surface area contributed by atoms with E-state index in [1.807, 2.05) is 0 Å². The Morgan fingerprint density at radius 1 is 0.765 bits per heavy atom. The van der Waals surface area contributed by atoms with Crippen LogP contribution >= 0.6 is 31.9 Å². The molecule has 1 N–H and O–H groups in total. The van der Waals surface area contributed by atoms with Crippen LogP contribution in [-0.4, -0.2) is 4.98 Å². The number of H-pyrrole nitrogens is 1. The van der Waals surface area contributed by atoms with Crippen molar-refractivity contribution in [2.45, 2.75) is 0 Å². The van der Waals surface area contributed by atoms with E-state index >= 15 is 0 Å². The molecule has 0 fully saturated rings. The predicted octanol–water partition coefficient (Wildman–Crippen LogP) is 5.12. The van der Waals surface area contributed by atoms with Crippen LogP contribution in [0.1, 0.15) is 0 Å². The third kappa shape index (κ3) is 1.52. The molecule has 0 spiro atoms. The molecule has 0 radical (unpaired) electrons. The number of aromatic nitrogens is 1. The van der Waals surface area contributed by atoms with Crippen molar-refractivity contribution >= 4 is 53.7 Å². The van der Waals surface area contributed by atoms with Crippen LogP contribution in [0.3, 0.4) is 0 Å². The molecule has 1 nitrogen and oxygen atoms in total. The standard InChI is InChI=1S/C12H5Br2F2N/c13-5-1-3-7-9(11(5)15)10-8(17-7)4-2-6(14)12(10)16/h1-4,17H. The molecule has 86 valence electrons. The zero-order valence-corrected chi connectivity index (χ0v) is 11.5. The van der Waals surface area contributed by atoms with Crippen molar-refractivity contribution in [3.8, 4) is 0 Å². The third-order valence-electron chi connectivity index (χ3n) is 2.71. The quantitative estimate of drug-likeness (QED) is 0.572. The largest absolute Gasteiger partial charge is 0.354 e. The predicted molar refractivity (Wildman–Crippen MR) is 71.1 cm³/mol. The number of fused-ring (bicyclic) bond motifs is 3. The second-order valence-corrected chi connectivity index (χ2v) is 5.40. The summed E-state index contributed by atoms with van der Waals surface area (Å²) in [6.45, 7) is 0. The summed E-state index contributed by atoms with van der Waals surface area (Å²) in [5.74, 6) is -0.906. The van der Waals surface area contributed by atoms with Gasteiger partial charge in [-0.25, -0.2) is 8.78 Å². The van der Waals surface area contributed by atoms with Gasteiger partial charge in [0, 0.05) is 21.8 Å². The second kappa shape index (κ2) is 3.78. The summed E-state index contributed by atoms with van der Waals surface area (Å²) in [5, 5.41) is 0.543. The molecule has 1 heterocycles. The van der Waals surface area contributed by atoms with E-state index in [-0.39, 0.29) is 10.8 Å². The molecule has 1 aromatic heterocycles. The molecule has 17 heavy (non-hydrogen) atoms. The Labute approximate surface area is 112 Å². The van der Waals surface area contributed by atoms with E-state index in [2.05, 4.69) is 36.8 Å². The maximum atomic E-state index is 14.0. The van der Waals surface area contributed by atoms with Crippen LogP contribution in [0.4, 0.5) is 8.78 Å². The molecule has 0 aliphatic rings. The van der Waals surface area contributed by atoms with Crippen LogP contribution in [0, 0.1) is 11.6 Å². The molecule has 0 unspecified atom stereocenters. The fraction of sp³-hybridized carbons (Fsp3) is 0. The minimum Gasteiger partial charge on any atom is -0.354 e. The van der Waals surface area contributed by atoms with E-state index in [0.29, 0.717) is 20.0 Å². The molecule has 0 saturated heterocycles. The number of hydrogen-bond acceptors (Lipinski definition) is 0. The van der Waals surface area contributed by atoms with Gasteiger partial charge in [-0.05, 0) is 56.1 Å². The number of halogens is 4. The first-order valence-electron chi connectivity index (χ1n) is 4.83. The summed E-state index contributed by atoms with van der Waals surface area (Å²) < 4.78 is 28.7. The van der Waals surface area contributed by atoms with E-state index in [4.69, 9.17) is 0 Å². The molecule has 0 saturated carbocycles. The molecule has 0 aliphatic carbocycles. The lowest BCUT2D eigenvalue weighted by atomic mass is 10.1. The Balaban J connectivity index is 2.65. The van der Waals surface area contributed by atoms with Gasteiger partial charge in [0.1, 0.15) is 11.6 Å². The van der Waals surface area contributed by atoms with Crippen molar-refractivity contribution in [3.05, 3.63) is 44.8 Å². The molecule has 3 rings (SSSR count). The number of aromatic amines is 1. The van der Waals surface area contributed by atoms with Crippen molar-refractivity contribution in [2.75, 3.05) is 0 Å². The third-order valence-corrected chi connectivity index (χ3v) is 3.93. The number of nitrogens with one attached hydrogen (secondary N) is 1. The lowest BCUT2D eigenvalue weighted by molar-refractivity contribution is 0.626. The minimum absolute atomic E-state index is 0.271. The molecular weight excluding hydrogens is 356 g/mol. The fourth-order valence-corrected chi connectivity index (χ4v) is 2.60. The molecule has 2 aromatic carbocycles. The lowest BCUT2D eigenvalue weighted by Crippen LogP contribution is -1.82. The Hall–Kier alpha value is -0.940. The van der Waals surface area contributed by atoms with Gasteiger partial charge >= 0.3 is 0 Å². The zero-order chi connectivity index (χ0) is 12.2. The maximum Gasteiger partial charge on any atom is 0.147 e. The fourth-order valence-electron chi connectivity index (χ4n) is 1.94. The SMILES string of the molecule is Fc1c(Br)ccc2[nH]c3ccc(Br)c(F)c3c12. The first-order valence-corrected chi connectivity index (χ1v) is 6.41. The Morgan fingerprint density at radius 3 is 1.59 bits per heavy atom. The van der Waals surface area contributed by atoms with Gasteiger partial charge < -0.3 is 4.98 Å². The lowest BCUT2D eigenvalue weighted by Gasteiger charge is -1.99. The number of rotatable bonds is 0. The van der Waals surface area contributed by atoms with Crippen molar-refractivity contribution in [1.29, 1.82) is 0 Å². The molecular formula is C12H5Br2F2N. The molecule has 0 atom stereocenters. The summed E-state index contributed by atoms with van der Waals surface area (Å²) in [4.78, 5) is 2.99. The van der Waals surface area contributed by atoms with E-state index < -0.39 is 11.6 Å². The molecule has 0 bridgehead atoms. The van der Waals surface area contributed by atoms with E-state index in [1.54, 1.807) is 24.3 Å². The van der Waals surface area contributed by atoms with Crippen molar-refractivity contribution in [3.63, 3.8) is 0 Å². The van der Waals surface area contributed by atoms with Crippen LogP contribution in [0.25, 0.3) is 21.8 Å². The molecule has 5 heteroatoms. The van der Waals surface area contributed by atoms with Crippen molar-refractivity contribution in [1.82, 2.24) is 4.98 Å². The number of hydrogen-bond donors (Lipinski definition) is 1. The van der Waals surface area contributed by atoms with E-state index in [1.165, 1.54) is 0 Å². The second-order valence-electron chi connectivity index (χ2n) is 3.69. The maximum absolute atomic E-state index is 14.0. The van der Waals surface area contributed by atoms with Gasteiger partial charge in [-0.2, -0.15) is 0 Å². The Bertz CT molecular complexity index is 687. The highest BCUT2D eigenvalue weighted by atomic mass is 79.9. The van der Waals surface area contributed by atoms with Crippen LogP contribution in [-0.2, 0) is 0 Å². The first kappa shape index (κ1) is 11.2. The van der Waals surface area contributed by atoms with Crippen LogP contribution < -0.4 is 0 Å². The smallest absolute Gasteiger partial charge is 0.147 e. The normalized spacial score (nSPS) is 11.5. The van der Waals surface area contributed by atoms with Crippen molar-refractivity contribution < 1.29 is 8.78 Å². The highest BCUT2D eigenvalue weighted by molar-refractivity contribution is 9.10. The monoisotopic (exact) mass is 359 g/mol. The van der Waals surface area contributed by atoms with Gasteiger partial charge in [-0.1, -0.05) is 0 Å². The van der Waals surface area contributed by atoms with E-state index in [0.717, 1.165) is 0 Å². The van der Waals surface area contributed by atoms with Crippen LogP contribution in [0.15, 0.2) is 33.2 Å². The highest BCUT2D eigenvalue weighted by Gasteiger charge is 2.16. The summed E-state index contributed by atoms with van der Waals surface area (Å²) in [7, 11) is 0. The minimum atomic E-state index is -0.453. The molecule has 0 amide bonds. The Kier molecular flexibility index (Phi) is 2.48. The van der Waals surface area contributed by atoms with Gasteiger partial charge in [0.2, 0.25) is 0 Å². The van der Waals surface area contributed by atoms with Gasteiger partial charge in [-0.3, -0.25) is 0 Å². The highest BCUT2D eigenvalue weighted by Crippen LogP contribution is 2.35. The van der Waals surface area contributed by atoms with Gasteiger partial charge in [-0.15, -0.1) is 0 Å². The molecule has 0 aliphatic heterocycles. The van der Waals surface area contributed by atoms with Crippen LogP contribution in [0.5, 0.6) is 0 Å². The summed E-state index contributed by atoms with van der Waals surface area (Å²) in [6.07, 6.45) is 0. The summed E-state index contributed by atoms with van der Waals surface area (Å²) >= 11 is 6.21. The van der Waals surface area contributed by atoms with Crippen LogP contribution in [0.2, 0.25) is 0 Å². The summed E-state index contributed by atoms with van der Waals surface area (Å²) in [5.41, 5.74) is 1.16.